The molecule has 2 N–H and O–H groups in total. The van der Waals surface area contributed by atoms with E-state index in [9.17, 15) is 9.59 Å². The molecular formula is C15H19ClN2O3. The molecule has 1 aromatic carbocycles. The summed E-state index contributed by atoms with van der Waals surface area (Å²) in [7, 11) is 0. The Morgan fingerprint density at radius 2 is 2.24 bits per heavy atom. The summed E-state index contributed by atoms with van der Waals surface area (Å²) >= 11 is 6.10. The standard InChI is InChI=1S/C15H19ClN2O3/c1-10-3-2-4-12(16)14(10)17-15(21)18-8-7-11(9-18)5-6-13(19)20/h2-4,11H,5-9H2,1H3,(H,17,21)(H,19,20). The molecule has 1 unspecified atom stereocenters. The van der Waals surface area contributed by atoms with Gasteiger partial charge in [0.1, 0.15) is 0 Å². The maximum absolute atomic E-state index is 12.2. The van der Waals surface area contributed by atoms with Gasteiger partial charge in [0, 0.05) is 19.5 Å². The lowest BCUT2D eigenvalue weighted by atomic mass is 10.0. The summed E-state index contributed by atoms with van der Waals surface area (Å²) < 4.78 is 0. The van der Waals surface area contributed by atoms with Crippen LogP contribution in [0, 0.1) is 12.8 Å². The molecule has 1 aliphatic heterocycles. The third-order valence-electron chi connectivity index (χ3n) is 3.79. The quantitative estimate of drug-likeness (QED) is 0.896. The maximum Gasteiger partial charge on any atom is 0.321 e. The lowest BCUT2D eigenvalue weighted by Gasteiger charge is -2.19. The van der Waals surface area contributed by atoms with Crippen LogP contribution in [0.1, 0.15) is 24.8 Å². The van der Waals surface area contributed by atoms with Crippen molar-refractivity contribution in [3.8, 4) is 0 Å². The van der Waals surface area contributed by atoms with Crippen LogP contribution in [0.3, 0.4) is 0 Å². The Labute approximate surface area is 128 Å². The number of halogens is 1. The number of likely N-dealkylation sites (tertiary alicyclic amines) is 1. The van der Waals surface area contributed by atoms with Crippen LogP contribution < -0.4 is 5.32 Å². The number of anilines is 1. The van der Waals surface area contributed by atoms with Crippen molar-refractivity contribution in [2.75, 3.05) is 18.4 Å². The van der Waals surface area contributed by atoms with E-state index in [4.69, 9.17) is 16.7 Å². The molecule has 0 saturated carbocycles. The minimum Gasteiger partial charge on any atom is -0.481 e. The van der Waals surface area contributed by atoms with Gasteiger partial charge in [-0.3, -0.25) is 4.79 Å². The molecule has 0 spiro atoms. The highest BCUT2D eigenvalue weighted by atomic mass is 35.5. The summed E-state index contributed by atoms with van der Waals surface area (Å²) in [5.41, 5.74) is 1.55. The molecule has 0 aromatic heterocycles. The Balaban J connectivity index is 1.91. The van der Waals surface area contributed by atoms with Crippen molar-refractivity contribution in [2.45, 2.75) is 26.2 Å². The zero-order chi connectivity index (χ0) is 15.4. The Morgan fingerprint density at radius 3 is 2.90 bits per heavy atom. The number of carbonyl (C=O) groups is 2. The largest absolute Gasteiger partial charge is 0.481 e. The van der Waals surface area contributed by atoms with E-state index in [0.29, 0.717) is 30.2 Å². The summed E-state index contributed by atoms with van der Waals surface area (Å²) in [6.07, 6.45) is 1.62. The third-order valence-corrected chi connectivity index (χ3v) is 4.11. The summed E-state index contributed by atoms with van der Waals surface area (Å²) in [6.45, 7) is 3.14. The van der Waals surface area contributed by atoms with Gasteiger partial charge in [0.05, 0.1) is 10.7 Å². The van der Waals surface area contributed by atoms with Crippen LogP contribution in [-0.2, 0) is 4.79 Å². The summed E-state index contributed by atoms with van der Waals surface area (Å²) in [5.74, 6) is -0.524. The SMILES string of the molecule is Cc1cccc(Cl)c1NC(=O)N1CCC(CCC(=O)O)C1. The molecule has 1 aliphatic rings. The lowest BCUT2D eigenvalue weighted by Crippen LogP contribution is -2.33. The van der Waals surface area contributed by atoms with Crippen LogP contribution >= 0.6 is 11.6 Å². The number of aryl methyl sites for hydroxylation is 1. The minimum atomic E-state index is -0.787. The Kier molecular flexibility index (Phi) is 5.07. The van der Waals surface area contributed by atoms with Crippen molar-refractivity contribution in [2.24, 2.45) is 5.92 Å². The molecule has 5 nitrogen and oxygen atoms in total. The number of urea groups is 1. The van der Waals surface area contributed by atoms with Crippen LogP contribution in [0.2, 0.25) is 5.02 Å². The summed E-state index contributed by atoms with van der Waals surface area (Å²) in [4.78, 5) is 24.5. The van der Waals surface area contributed by atoms with Gasteiger partial charge in [-0.25, -0.2) is 4.79 Å². The van der Waals surface area contributed by atoms with E-state index in [0.717, 1.165) is 12.0 Å². The second kappa shape index (κ2) is 6.80. The van der Waals surface area contributed by atoms with E-state index < -0.39 is 5.97 Å². The number of para-hydroxylation sites is 1. The number of hydrogen-bond acceptors (Lipinski definition) is 2. The topological polar surface area (TPSA) is 69.6 Å². The van der Waals surface area contributed by atoms with Gasteiger partial charge in [0.25, 0.3) is 0 Å². The fourth-order valence-electron chi connectivity index (χ4n) is 2.56. The van der Waals surface area contributed by atoms with Crippen molar-refractivity contribution in [1.82, 2.24) is 4.90 Å². The van der Waals surface area contributed by atoms with Crippen LogP contribution in [0.4, 0.5) is 10.5 Å². The number of benzene rings is 1. The predicted octanol–water partition coefficient (Wildman–Crippen LogP) is 3.37. The molecule has 0 bridgehead atoms. The third kappa shape index (κ3) is 4.11. The second-order valence-corrected chi connectivity index (χ2v) is 5.80. The molecule has 1 fully saturated rings. The fraction of sp³-hybridized carbons (Fsp3) is 0.467. The van der Waals surface area contributed by atoms with Crippen molar-refractivity contribution in [1.29, 1.82) is 0 Å². The van der Waals surface area contributed by atoms with Crippen molar-refractivity contribution in [3.63, 3.8) is 0 Å². The minimum absolute atomic E-state index is 0.156. The van der Waals surface area contributed by atoms with E-state index in [1.54, 1.807) is 11.0 Å². The van der Waals surface area contributed by atoms with Gasteiger partial charge in [0.15, 0.2) is 0 Å². The van der Waals surface area contributed by atoms with Gasteiger partial charge >= 0.3 is 12.0 Å². The average Bonchev–Trinajstić information content (AvgIpc) is 2.89. The first-order valence-corrected chi connectivity index (χ1v) is 7.38. The average molecular weight is 311 g/mol. The first-order valence-electron chi connectivity index (χ1n) is 7.00. The first-order chi connectivity index (χ1) is 9.97. The van der Waals surface area contributed by atoms with E-state index in [-0.39, 0.29) is 18.4 Å². The Hall–Kier alpha value is -1.75. The number of carboxylic acid groups (broad SMARTS) is 1. The van der Waals surface area contributed by atoms with Crippen LogP contribution in [0.5, 0.6) is 0 Å². The highest BCUT2D eigenvalue weighted by molar-refractivity contribution is 6.33. The molecule has 21 heavy (non-hydrogen) atoms. The predicted molar refractivity (Wildman–Crippen MR) is 81.8 cm³/mol. The zero-order valence-electron chi connectivity index (χ0n) is 11.9. The second-order valence-electron chi connectivity index (χ2n) is 5.40. The maximum atomic E-state index is 12.2. The molecule has 0 aliphatic carbocycles. The molecular weight excluding hydrogens is 292 g/mol. The lowest BCUT2D eigenvalue weighted by molar-refractivity contribution is -0.137. The molecule has 2 amide bonds. The number of nitrogens with zero attached hydrogens (tertiary/aromatic N) is 1. The van der Waals surface area contributed by atoms with Gasteiger partial charge in [-0.2, -0.15) is 0 Å². The van der Waals surface area contributed by atoms with Crippen molar-refractivity contribution < 1.29 is 14.7 Å². The van der Waals surface area contributed by atoms with Gasteiger partial charge in [-0.05, 0) is 37.3 Å². The van der Waals surface area contributed by atoms with Crippen LogP contribution in [0.15, 0.2) is 18.2 Å². The number of amides is 2. The Bertz CT molecular complexity index is 527. The molecule has 6 heteroatoms. The van der Waals surface area contributed by atoms with Crippen LogP contribution in [0.25, 0.3) is 0 Å². The van der Waals surface area contributed by atoms with Gasteiger partial charge < -0.3 is 15.3 Å². The van der Waals surface area contributed by atoms with Gasteiger partial charge in [0.2, 0.25) is 0 Å². The number of carbonyl (C=O) groups excluding carboxylic acids is 1. The molecule has 2 rings (SSSR count). The molecule has 1 aromatic rings. The monoisotopic (exact) mass is 310 g/mol. The summed E-state index contributed by atoms with van der Waals surface area (Å²) in [5, 5.41) is 12.1. The number of nitrogens with one attached hydrogen (secondary N) is 1. The van der Waals surface area contributed by atoms with Gasteiger partial charge in [-0.1, -0.05) is 23.7 Å². The summed E-state index contributed by atoms with van der Waals surface area (Å²) in [6, 6.07) is 5.29. The zero-order valence-corrected chi connectivity index (χ0v) is 12.7. The normalized spacial score (nSPS) is 17.8. The van der Waals surface area contributed by atoms with E-state index >= 15 is 0 Å². The van der Waals surface area contributed by atoms with E-state index in [2.05, 4.69) is 5.32 Å². The highest BCUT2D eigenvalue weighted by Crippen LogP contribution is 2.27. The highest BCUT2D eigenvalue weighted by Gasteiger charge is 2.27. The number of hydrogen-bond donors (Lipinski definition) is 2. The molecule has 1 heterocycles. The van der Waals surface area contributed by atoms with E-state index in [1.807, 2.05) is 19.1 Å². The fourth-order valence-corrected chi connectivity index (χ4v) is 2.83. The molecule has 1 atom stereocenters. The molecule has 1 saturated heterocycles. The van der Waals surface area contributed by atoms with E-state index in [1.165, 1.54) is 0 Å². The Morgan fingerprint density at radius 1 is 1.48 bits per heavy atom. The number of rotatable bonds is 4. The number of carboxylic acids is 1. The number of aliphatic carboxylic acids is 1. The van der Waals surface area contributed by atoms with Crippen molar-refractivity contribution >= 4 is 29.3 Å². The molecule has 0 radical (unpaired) electrons. The smallest absolute Gasteiger partial charge is 0.321 e. The molecule has 114 valence electrons. The van der Waals surface area contributed by atoms with Crippen molar-refractivity contribution in [3.05, 3.63) is 28.8 Å². The first kappa shape index (κ1) is 15.6. The van der Waals surface area contributed by atoms with Gasteiger partial charge in [-0.15, -0.1) is 0 Å². The van der Waals surface area contributed by atoms with Crippen LogP contribution in [-0.4, -0.2) is 35.1 Å².